The number of likely N-dealkylation sites (N-methyl/N-ethyl adjacent to an activating group) is 1. The Morgan fingerprint density at radius 1 is 0.906 bits per heavy atom. The number of piperazine rings is 1. The molecule has 0 spiro atoms. The fourth-order valence-corrected chi connectivity index (χ4v) is 4.95. The highest BCUT2D eigenvalue weighted by atomic mass is 32.2. The SMILES string of the molecule is COc1ccc(S(=O)(=O)Nc2ccc(N3CCN(C)CC3)cc2)cc1N1C(=O)CCC1=O. The van der Waals surface area contributed by atoms with Gasteiger partial charge in [-0.3, -0.25) is 14.3 Å². The van der Waals surface area contributed by atoms with Gasteiger partial charge < -0.3 is 14.5 Å². The second kappa shape index (κ2) is 8.79. The smallest absolute Gasteiger partial charge is 0.261 e. The summed E-state index contributed by atoms with van der Waals surface area (Å²) in [5, 5.41) is 0. The van der Waals surface area contributed by atoms with Gasteiger partial charge in [0.1, 0.15) is 5.75 Å². The summed E-state index contributed by atoms with van der Waals surface area (Å²) in [4.78, 5) is 29.8. The number of benzene rings is 2. The lowest BCUT2D eigenvalue weighted by molar-refractivity contribution is -0.121. The van der Waals surface area contributed by atoms with E-state index in [0.29, 0.717) is 5.69 Å². The van der Waals surface area contributed by atoms with E-state index in [2.05, 4.69) is 21.6 Å². The molecule has 2 aromatic carbocycles. The summed E-state index contributed by atoms with van der Waals surface area (Å²) in [6, 6.07) is 11.4. The number of rotatable bonds is 6. The molecule has 0 bridgehead atoms. The molecule has 2 aliphatic heterocycles. The molecule has 1 N–H and O–H groups in total. The van der Waals surface area contributed by atoms with Crippen molar-refractivity contribution < 1.29 is 22.7 Å². The lowest BCUT2D eigenvalue weighted by Crippen LogP contribution is -2.44. The fraction of sp³-hybridized carbons (Fsp3) is 0.364. The van der Waals surface area contributed by atoms with Gasteiger partial charge in [0.2, 0.25) is 11.8 Å². The highest BCUT2D eigenvalue weighted by Crippen LogP contribution is 2.34. The largest absolute Gasteiger partial charge is 0.495 e. The number of sulfonamides is 1. The van der Waals surface area contributed by atoms with Crippen molar-refractivity contribution in [2.24, 2.45) is 0 Å². The number of carbonyl (C=O) groups excluding carboxylic acids is 2. The lowest BCUT2D eigenvalue weighted by atomic mass is 10.2. The number of carbonyl (C=O) groups is 2. The summed E-state index contributed by atoms with van der Waals surface area (Å²) in [5.74, 6) is -0.505. The summed E-state index contributed by atoms with van der Waals surface area (Å²) >= 11 is 0. The van der Waals surface area contributed by atoms with Gasteiger partial charge in [-0.25, -0.2) is 13.3 Å². The van der Waals surface area contributed by atoms with Gasteiger partial charge in [0.15, 0.2) is 0 Å². The third-order valence-corrected chi connectivity index (χ3v) is 7.12. The molecule has 2 heterocycles. The standard InChI is InChI=1S/C22H26N4O5S/c1-24-11-13-25(14-12-24)17-5-3-16(4-6-17)23-32(29,30)18-7-8-20(31-2)19(15-18)26-21(27)9-10-22(26)28/h3-8,15,23H,9-14H2,1-2H3. The first kappa shape index (κ1) is 22.1. The number of nitrogens with one attached hydrogen (secondary N) is 1. The predicted octanol–water partition coefficient (Wildman–Crippen LogP) is 1.90. The fourth-order valence-electron chi connectivity index (χ4n) is 3.88. The molecule has 0 atom stereocenters. The zero-order valence-electron chi connectivity index (χ0n) is 18.1. The van der Waals surface area contributed by atoms with Gasteiger partial charge in [0.05, 0.1) is 17.7 Å². The Hall–Kier alpha value is -3.11. The van der Waals surface area contributed by atoms with Crippen LogP contribution in [-0.4, -0.2) is 65.5 Å². The van der Waals surface area contributed by atoms with Crippen LogP contribution < -0.4 is 19.3 Å². The van der Waals surface area contributed by atoms with E-state index in [9.17, 15) is 18.0 Å². The van der Waals surface area contributed by atoms with Gasteiger partial charge in [-0.05, 0) is 49.5 Å². The number of hydrogen-bond acceptors (Lipinski definition) is 7. The van der Waals surface area contributed by atoms with Gasteiger partial charge >= 0.3 is 0 Å². The Morgan fingerprint density at radius 2 is 1.53 bits per heavy atom. The van der Waals surface area contributed by atoms with Crippen molar-refractivity contribution in [3.05, 3.63) is 42.5 Å². The van der Waals surface area contributed by atoms with Crippen molar-refractivity contribution in [2.45, 2.75) is 17.7 Å². The van der Waals surface area contributed by atoms with Crippen molar-refractivity contribution in [1.29, 1.82) is 0 Å². The molecule has 2 amide bonds. The van der Waals surface area contributed by atoms with E-state index in [-0.39, 0.29) is 41.0 Å². The zero-order valence-corrected chi connectivity index (χ0v) is 18.9. The Kier molecular flexibility index (Phi) is 6.07. The first-order chi connectivity index (χ1) is 15.3. The summed E-state index contributed by atoms with van der Waals surface area (Å²) in [7, 11) is -0.452. The Morgan fingerprint density at radius 3 is 2.12 bits per heavy atom. The van der Waals surface area contributed by atoms with E-state index in [1.54, 1.807) is 12.1 Å². The van der Waals surface area contributed by atoms with E-state index in [0.717, 1.165) is 36.8 Å². The van der Waals surface area contributed by atoms with Crippen molar-refractivity contribution >= 4 is 38.9 Å². The maximum absolute atomic E-state index is 13.0. The van der Waals surface area contributed by atoms with Crippen LogP contribution in [-0.2, 0) is 19.6 Å². The van der Waals surface area contributed by atoms with Crippen LogP contribution in [0.2, 0.25) is 0 Å². The third-order valence-electron chi connectivity index (χ3n) is 5.74. The number of methoxy groups -OCH3 is 1. The van der Waals surface area contributed by atoms with Crippen molar-refractivity contribution in [1.82, 2.24) is 4.90 Å². The van der Waals surface area contributed by atoms with Crippen LogP contribution in [0.1, 0.15) is 12.8 Å². The average Bonchev–Trinajstić information content (AvgIpc) is 3.12. The maximum atomic E-state index is 13.0. The topological polar surface area (TPSA) is 99.3 Å². The molecular formula is C22H26N4O5S. The van der Waals surface area contributed by atoms with E-state index >= 15 is 0 Å². The molecule has 4 rings (SSSR count). The van der Waals surface area contributed by atoms with Crippen molar-refractivity contribution in [2.75, 3.05) is 54.9 Å². The highest BCUT2D eigenvalue weighted by Gasteiger charge is 2.33. The predicted molar refractivity (Wildman–Crippen MR) is 122 cm³/mol. The van der Waals surface area contributed by atoms with E-state index in [1.807, 2.05) is 12.1 Å². The molecule has 2 fully saturated rings. The van der Waals surface area contributed by atoms with Crippen LogP contribution in [0.25, 0.3) is 0 Å². The van der Waals surface area contributed by atoms with E-state index in [4.69, 9.17) is 4.74 Å². The van der Waals surface area contributed by atoms with Crippen LogP contribution in [0, 0.1) is 0 Å². The third kappa shape index (κ3) is 4.42. The van der Waals surface area contributed by atoms with Crippen molar-refractivity contribution in [3.63, 3.8) is 0 Å². The molecule has 9 nitrogen and oxygen atoms in total. The molecule has 0 radical (unpaired) electrons. The summed E-state index contributed by atoms with van der Waals surface area (Å²) in [6.07, 6.45) is 0.188. The monoisotopic (exact) mass is 458 g/mol. The highest BCUT2D eigenvalue weighted by molar-refractivity contribution is 7.92. The molecule has 0 aliphatic carbocycles. The van der Waals surface area contributed by atoms with Crippen LogP contribution in [0.15, 0.2) is 47.4 Å². The van der Waals surface area contributed by atoms with E-state index < -0.39 is 10.0 Å². The average molecular weight is 459 g/mol. The number of nitrogens with zero attached hydrogens (tertiary/aromatic N) is 3. The number of amides is 2. The zero-order chi connectivity index (χ0) is 22.9. The molecule has 2 aliphatic rings. The Labute approximate surface area is 187 Å². The normalized spacial score (nSPS) is 17.7. The second-order valence-electron chi connectivity index (χ2n) is 7.90. The lowest BCUT2D eigenvalue weighted by Gasteiger charge is -2.34. The molecule has 0 aromatic heterocycles. The second-order valence-corrected chi connectivity index (χ2v) is 9.58. The Balaban J connectivity index is 1.55. The summed E-state index contributed by atoms with van der Waals surface area (Å²) in [5.41, 5.74) is 1.60. The van der Waals surface area contributed by atoms with Crippen LogP contribution in [0.4, 0.5) is 17.1 Å². The molecule has 10 heteroatoms. The van der Waals surface area contributed by atoms with Gasteiger partial charge in [0, 0.05) is 50.4 Å². The number of imide groups is 1. The number of ether oxygens (including phenoxy) is 1. The van der Waals surface area contributed by atoms with Crippen molar-refractivity contribution in [3.8, 4) is 5.75 Å². The quantitative estimate of drug-likeness (QED) is 0.660. The van der Waals surface area contributed by atoms with Gasteiger partial charge in [-0.1, -0.05) is 0 Å². The summed E-state index contributed by atoms with van der Waals surface area (Å²) < 4.78 is 33.8. The Bertz CT molecular complexity index is 1110. The van der Waals surface area contributed by atoms with E-state index in [1.165, 1.54) is 25.3 Å². The molecule has 0 unspecified atom stereocenters. The van der Waals surface area contributed by atoms with Crippen LogP contribution >= 0.6 is 0 Å². The molecule has 32 heavy (non-hydrogen) atoms. The van der Waals surface area contributed by atoms with Gasteiger partial charge in [-0.2, -0.15) is 0 Å². The minimum Gasteiger partial charge on any atom is -0.495 e. The number of hydrogen-bond donors (Lipinski definition) is 1. The molecule has 2 aromatic rings. The number of anilines is 3. The molecule has 170 valence electrons. The first-order valence-corrected chi connectivity index (χ1v) is 11.9. The summed E-state index contributed by atoms with van der Waals surface area (Å²) in [6.45, 7) is 3.81. The van der Waals surface area contributed by atoms with Crippen LogP contribution in [0.3, 0.4) is 0 Å². The molecular weight excluding hydrogens is 432 g/mol. The van der Waals surface area contributed by atoms with Gasteiger partial charge in [-0.15, -0.1) is 0 Å². The molecule has 2 saturated heterocycles. The van der Waals surface area contributed by atoms with Crippen LogP contribution in [0.5, 0.6) is 5.75 Å². The molecule has 0 saturated carbocycles. The minimum atomic E-state index is -3.95. The maximum Gasteiger partial charge on any atom is 0.261 e. The van der Waals surface area contributed by atoms with Gasteiger partial charge in [0.25, 0.3) is 10.0 Å². The minimum absolute atomic E-state index is 0.0658. The first-order valence-electron chi connectivity index (χ1n) is 10.4.